The third-order valence-electron chi connectivity index (χ3n) is 4.32. The number of anilines is 2. The van der Waals surface area contributed by atoms with Crippen molar-refractivity contribution >= 4 is 16.9 Å². The molecule has 0 saturated carbocycles. The van der Waals surface area contributed by atoms with E-state index >= 15 is 0 Å². The Kier molecular flexibility index (Phi) is 5.15. The molecular formula is C21H28N2. The van der Waals surface area contributed by atoms with E-state index in [0.29, 0.717) is 0 Å². The molecule has 0 saturated heterocycles. The molecule has 0 fully saturated rings. The van der Waals surface area contributed by atoms with E-state index in [9.17, 15) is 0 Å². The fourth-order valence-corrected chi connectivity index (χ4v) is 2.91. The summed E-state index contributed by atoms with van der Waals surface area (Å²) in [6.07, 6.45) is 2.22. The summed E-state index contributed by atoms with van der Waals surface area (Å²) < 4.78 is 0. The Hall–Kier alpha value is -2.22. The van der Waals surface area contributed by atoms with E-state index in [2.05, 4.69) is 101 Å². The molecule has 0 atom stereocenters. The minimum Gasteiger partial charge on any atom is -0.378 e. The van der Waals surface area contributed by atoms with Gasteiger partial charge in [-0.05, 0) is 72.9 Å². The summed E-state index contributed by atoms with van der Waals surface area (Å²) in [7, 11) is 8.31. The van der Waals surface area contributed by atoms with Crippen LogP contribution in [0.4, 0.5) is 11.4 Å². The number of aryl methyl sites for hydroxylation is 2. The molecule has 23 heavy (non-hydrogen) atoms. The van der Waals surface area contributed by atoms with Gasteiger partial charge >= 0.3 is 0 Å². The molecule has 0 unspecified atom stereocenters. The Morgan fingerprint density at radius 3 is 1.39 bits per heavy atom. The highest BCUT2D eigenvalue weighted by atomic mass is 15.1. The van der Waals surface area contributed by atoms with Crippen LogP contribution in [0.15, 0.2) is 42.5 Å². The van der Waals surface area contributed by atoms with Crippen LogP contribution in [0.2, 0.25) is 0 Å². The molecule has 122 valence electrons. The molecule has 0 aliphatic carbocycles. The summed E-state index contributed by atoms with van der Waals surface area (Å²) in [5, 5.41) is 0. The third kappa shape index (κ3) is 3.58. The lowest BCUT2D eigenvalue weighted by atomic mass is 9.91. The van der Waals surface area contributed by atoms with Crippen molar-refractivity contribution in [3.63, 3.8) is 0 Å². The van der Waals surface area contributed by atoms with Gasteiger partial charge in [-0.1, -0.05) is 18.2 Å². The fraction of sp³-hybridized carbons (Fsp3) is 0.333. The van der Waals surface area contributed by atoms with E-state index in [0.717, 1.165) is 0 Å². The van der Waals surface area contributed by atoms with Crippen molar-refractivity contribution in [2.75, 3.05) is 38.0 Å². The molecule has 2 heteroatoms. The molecule has 2 nitrogen and oxygen atoms in total. The Balaban J connectivity index is 2.49. The second kappa shape index (κ2) is 6.91. The van der Waals surface area contributed by atoms with Crippen molar-refractivity contribution in [2.45, 2.75) is 20.8 Å². The van der Waals surface area contributed by atoms with E-state index in [1.165, 1.54) is 39.2 Å². The number of hydrogen-bond donors (Lipinski definition) is 0. The minimum atomic E-state index is 1.24. The zero-order valence-corrected chi connectivity index (χ0v) is 15.4. The van der Waals surface area contributed by atoms with Crippen LogP contribution < -0.4 is 9.80 Å². The SMILES string of the molecule is CC=C(c1ccc(N(C)C)cc1C)c1ccc(N(C)C)cc1C. The summed E-state index contributed by atoms with van der Waals surface area (Å²) in [5.41, 5.74) is 9.00. The number of allylic oxidation sites excluding steroid dienone is 1. The third-order valence-corrected chi connectivity index (χ3v) is 4.32. The normalized spacial score (nSPS) is 10.4. The molecule has 0 amide bonds. The second-order valence-corrected chi connectivity index (χ2v) is 6.49. The quantitative estimate of drug-likeness (QED) is 0.793. The Labute approximate surface area is 141 Å². The number of benzene rings is 2. The molecule has 0 radical (unpaired) electrons. The highest BCUT2D eigenvalue weighted by Gasteiger charge is 2.11. The van der Waals surface area contributed by atoms with Gasteiger partial charge in [0, 0.05) is 39.6 Å². The highest BCUT2D eigenvalue weighted by molar-refractivity contribution is 5.84. The van der Waals surface area contributed by atoms with Crippen LogP contribution in [0.5, 0.6) is 0 Å². The summed E-state index contributed by atoms with van der Waals surface area (Å²) in [6, 6.07) is 13.4. The van der Waals surface area contributed by atoms with Gasteiger partial charge in [-0.25, -0.2) is 0 Å². The van der Waals surface area contributed by atoms with Crippen molar-refractivity contribution in [3.05, 3.63) is 64.7 Å². The maximum Gasteiger partial charge on any atom is 0.0364 e. The second-order valence-electron chi connectivity index (χ2n) is 6.49. The standard InChI is InChI=1S/C21H28N2/c1-8-19(20-11-9-17(22(4)5)13-15(20)2)21-12-10-18(23(6)7)14-16(21)3/h8-14H,1-7H3. The number of hydrogen-bond acceptors (Lipinski definition) is 2. The van der Waals surface area contributed by atoms with Crippen LogP contribution in [0.1, 0.15) is 29.2 Å². The lowest BCUT2D eigenvalue weighted by molar-refractivity contribution is 1.12. The first kappa shape index (κ1) is 17.1. The first-order chi connectivity index (χ1) is 10.8. The van der Waals surface area contributed by atoms with Crippen molar-refractivity contribution < 1.29 is 0 Å². The molecule has 2 rings (SSSR count). The Bertz CT molecular complexity index is 665. The average Bonchev–Trinajstić information content (AvgIpc) is 2.50. The van der Waals surface area contributed by atoms with Crippen LogP contribution in [0.3, 0.4) is 0 Å². The van der Waals surface area contributed by atoms with Crippen LogP contribution >= 0.6 is 0 Å². The minimum absolute atomic E-state index is 1.24. The zero-order chi connectivity index (χ0) is 17.1. The molecule has 0 bridgehead atoms. The average molecular weight is 308 g/mol. The molecule has 0 aromatic heterocycles. The van der Waals surface area contributed by atoms with Crippen LogP contribution in [0, 0.1) is 13.8 Å². The smallest absolute Gasteiger partial charge is 0.0364 e. The van der Waals surface area contributed by atoms with Crippen molar-refractivity contribution in [1.82, 2.24) is 0 Å². The van der Waals surface area contributed by atoms with Crippen molar-refractivity contribution in [1.29, 1.82) is 0 Å². The monoisotopic (exact) mass is 308 g/mol. The Morgan fingerprint density at radius 1 is 0.739 bits per heavy atom. The van der Waals surface area contributed by atoms with Gasteiger partial charge in [-0.15, -0.1) is 0 Å². The first-order valence-corrected chi connectivity index (χ1v) is 8.08. The summed E-state index contributed by atoms with van der Waals surface area (Å²) in [4.78, 5) is 4.28. The van der Waals surface area contributed by atoms with E-state index < -0.39 is 0 Å². The fourth-order valence-electron chi connectivity index (χ4n) is 2.91. The molecular weight excluding hydrogens is 280 g/mol. The van der Waals surface area contributed by atoms with E-state index in [4.69, 9.17) is 0 Å². The number of nitrogens with zero attached hydrogens (tertiary/aromatic N) is 2. The molecule has 0 N–H and O–H groups in total. The molecule has 2 aromatic carbocycles. The van der Waals surface area contributed by atoms with Gasteiger partial charge in [0.15, 0.2) is 0 Å². The van der Waals surface area contributed by atoms with Gasteiger partial charge in [0.25, 0.3) is 0 Å². The van der Waals surface area contributed by atoms with Gasteiger partial charge in [0.2, 0.25) is 0 Å². The van der Waals surface area contributed by atoms with Crippen molar-refractivity contribution in [2.24, 2.45) is 0 Å². The lowest BCUT2D eigenvalue weighted by Gasteiger charge is -2.19. The molecule has 0 heterocycles. The summed E-state index contributed by atoms with van der Waals surface area (Å²) >= 11 is 0. The highest BCUT2D eigenvalue weighted by Crippen LogP contribution is 2.31. The predicted octanol–water partition coefficient (Wildman–Crippen LogP) is 4.89. The van der Waals surface area contributed by atoms with Crippen molar-refractivity contribution in [3.8, 4) is 0 Å². The van der Waals surface area contributed by atoms with Gasteiger partial charge in [0.1, 0.15) is 0 Å². The van der Waals surface area contributed by atoms with Crippen LogP contribution in [-0.2, 0) is 0 Å². The maximum atomic E-state index is 2.25. The van der Waals surface area contributed by atoms with Crippen LogP contribution in [-0.4, -0.2) is 28.2 Å². The van der Waals surface area contributed by atoms with Gasteiger partial charge in [0.05, 0.1) is 0 Å². The largest absolute Gasteiger partial charge is 0.378 e. The molecule has 0 spiro atoms. The first-order valence-electron chi connectivity index (χ1n) is 8.08. The van der Waals surface area contributed by atoms with Gasteiger partial charge in [-0.2, -0.15) is 0 Å². The Morgan fingerprint density at radius 2 is 1.13 bits per heavy atom. The van der Waals surface area contributed by atoms with E-state index in [-0.39, 0.29) is 0 Å². The molecule has 0 aliphatic rings. The summed E-state index contributed by atoms with van der Waals surface area (Å²) in [6.45, 7) is 6.50. The summed E-state index contributed by atoms with van der Waals surface area (Å²) in [5.74, 6) is 0. The van der Waals surface area contributed by atoms with E-state index in [1.54, 1.807) is 0 Å². The van der Waals surface area contributed by atoms with E-state index in [1.807, 2.05) is 0 Å². The van der Waals surface area contributed by atoms with Crippen LogP contribution in [0.25, 0.3) is 5.57 Å². The van der Waals surface area contributed by atoms with Gasteiger partial charge < -0.3 is 9.80 Å². The maximum absolute atomic E-state index is 2.25. The zero-order valence-electron chi connectivity index (χ0n) is 15.4. The number of rotatable bonds is 4. The predicted molar refractivity (Wildman–Crippen MR) is 104 cm³/mol. The molecule has 0 aliphatic heterocycles. The lowest BCUT2D eigenvalue weighted by Crippen LogP contribution is -2.09. The topological polar surface area (TPSA) is 6.48 Å². The van der Waals surface area contributed by atoms with Gasteiger partial charge in [-0.3, -0.25) is 0 Å². The molecule has 2 aromatic rings.